The monoisotopic (exact) mass is 524 g/mol. The van der Waals surface area contributed by atoms with Crippen LogP contribution in [-0.2, 0) is 0 Å². The number of rotatable bonds is 6. The van der Waals surface area contributed by atoms with Crippen molar-refractivity contribution < 1.29 is 0 Å². The average Bonchev–Trinajstić information content (AvgIpc) is 3.01. The van der Waals surface area contributed by atoms with Gasteiger partial charge in [0.05, 0.1) is 7.27 Å². The highest BCUT2D eigenvalue weighted by Crippen LogP contribution is 2.50. The standard InChI is InChI=1S/C36H26ClP/c37-38(35-31(27-15-5-1-6-16-27)23-13-24-32(35)28-17-7-2-8-18-28)36-33(29-19-9-3-10-20-29)25-14-26-34(36)30-21-11-4-12-22-30/h1-26H. The zero-order chi connectivity index (χ0) is 25.7. The van der Waals surface area contributed by atoms with Gasteiger partial charge in [-0.05, 0) is 44.5 Å². The molecule has 0 aliphatic rings. The van der Waals surface area contributed by atoms with Gasteiger partial charge in [-0.25, -0.2) is 0 Å². The molecule has 0 aliphatic carbocycles. The van der Waals surface area contributed by atoms with E-state index in [1.54, 1.807) is 0 Å². The van der Waals surface area contributed by atoms with E-state index in [1.165, 1.54) is 55.1 Å². The Kier molecular flexibility index (Phi) is 7.18. The Morgan fingerprint density at radius 1 is 0.289 bits per heavy atom. The third kappa shape index (κ3) is 4.82. The fraction of sp³-hybridized carbons (Fsp3) is 0. The Morgan fingerprint density at radius 2 is 0.526 bits per heavy atom. The summed E-state index contributed by atoms with van der Waals surface area (Å²) in [5, 5.41) is 2.37. The summed E-state index contributed by atoms with van der Waals surface area (Å²) in [5.74, 6) is 0. The van der Waals surface area contributed by atoms with E-state index in [4.69, 9.17) is 11.2 Å². The van der Waals surface area contributed by atoms with Crippen LogP contribution in [-0.4, -0.2) is 0 Å². The predicted molar refractivity (Wildman–Crippen MR) is 167 cm³/mol. The summed E-state index contributed by atoms with van der Waals surface area (Å²) in [6.07, 6.45) is 0. The van der Waals surface area contributed by atoms with Gasteiger partial charge in [-0.1, -0.05) is 169 Å². The molecule has 0 aliphatic heterocycles. The van der Waals surface area contributed by atoms with E-state index in [1.807, 2.05) is 0 Å². The van der Waals surface area contributed by atoms with Gasteiger partial charge in [-0.2, -0.15) is 0 Å². The number of hydrogen-bond acceptors (Lipinski definition) is 0. The SMILES string of the molecule is ClP(c1c(-c2ccccc2)cccc1-c1ccccc1)c1c(-c2ccccc2)cccc1-c1ccccc1. The van der Waals surface area contributed by atoms with Gasteiger partial charge in [0.15, 0.2) is 0 Å². The van der Waals surface area contributed by atoms with Crippen LogP contribution in [0, 0.1) is 0 Å². The average molecular weight is 525 g/mol. The summed E-state index contributed by atoms with van der Waals surface area (Å²) in [7, 11) is -1.28. The lowest BCUT2D eigenvalue weighted by molar-refractivity contribution is 1.61. The Bertz CT molecular complexity index is 1400. The van der Waals surface area contributed by atoms with E-state index < -0.39 is 7.27 Å². The summed E-state index contributed by atoms with van der Waals surface area (Å²) in [6.45, 7) is 0. The molecule has 0 aromatic heterocycles. The fourth-order valence-electron chi connectivity index (χ4n) is 5.02. The molecule has 0 nitrogen and oxygen atoms in total. The Morgan fingerprint density at radius 3 is 0.763 bits per heavy atom. The third-order valence-electron chi connectivity index (χ3n) is 6.80. The molecule has 0 spiro atoms. The van der Waals surface area contributed by atoms with Crippen molar-refractivity contribution in [3.05, 3.63) is 158 Å². The van der Waals surface area contributed by atoms with Gasteiger partial charge in [0.1, 0.15) is 0 Å². The van der Waals surface area contributed by atoms with E-state index >= 15 is 0 Å². The second-order valence-electron chi connectivity index (χ2n) is 9.15. The van der Waals surface area contributed by atoms with Crippen LogP contribution in [0.15, 0.2) is 158 Å². The van der Waals surface area contributed by atoms with E-state index in [-0.39, 0.29) is 0 Å². The molecule has 182 valence electrons. The van der Waals surface area contributed by atoms with Crippen molar-refractivity contribution in [2.24, 2.45) is 0 Å². The Hall–Kier alpha value is -3.96. The molecule has 0 amide bonds. The summed E-state index contributed by atoms with van der Waals surface area (Å²) >= 11 is 7.82. The molecule has 6 aromatic rings. The normalized spacial score (nSPS) is 11.0. The molecule has 0 heterocycles. The van der Waals surface area contributed by atoms with E-state index in [0.717, 1.165) is 0 Å². The van der Waals surface area contributed by atoms with Crippen molar-refractivity contribution in [2.75, 3.05) is 0 Å². The molecule has 0 fully saturated rings. The minimum atomic E-state index is -1.28. The first-order valence-corrected chi connectivity index (χ1v) is 15.0. The van der Waals surface area contributed by atoms with Crippen LogP contribution in [0.2, 0.25) is 0 Å². The van der Waals surface area contributed by atoms with Gasteiger partial charge in [0, 0.05) is 10.6 Å². The lowest BCUT2D eigenvalue weighted by Gasteiger charge is -2.25. The second kappa shape index (κ2) is 11.2. The first kappa shape index (κ1) is 24.4. The second-order valence-corrected chi connectivity index (χ2v) is 11.6. The summed E-state index contributed by atoms with van der Waals surface area (Å²) < 4.78 is 0. The molecule has 0 atom stereocenters. The van der Waals surface area contributed by atoms with Crippen LogP contribution in [0.1, 0.15) is 0 Å². The fourth-order valence-corrected chi connectivity index (χ4v) is 8.00. The van der Waals surface area contributed by atoms with Crippen molar-refractivity contribution in [3.63, 3.8) is 0 Å². The van der Waals surface area contributed by atoms with Crippen LogP contribution in [0.3, 0.4) is 0 Å². The van der Waals surface area contributed by atoms with Crippen molar-refractivity contribution in [1.29, 1.82) is 0 Å². The largest absolute Gasteiger partial charge is 0.0858 e. The maximum atomic E-state index is 7.82. The number of halogens is 1. The Labute approximate surface area is 230 Å². The molecule has 0 saturated carbocycles. The van der Waals surface area contributed by atoms with Crippen LogP contribution < -0.4 is 10.6 Å². The zero-order valence-corrected chi connectivity index (χ0v) is 22.5. The summed E-state index contributed by atoms with van der Waals surface area (Å²) in [5.41, 5.74) is 9.40. The summed E-state index contributed by atoms with van der Waals surface area (Å²) in [4.78, 5) is 0. The molecule has 0 N–H and O–H groups in total. The van der Waals surface area contributed by atoms with Crippen LogP contribution in [0.5, 0.6) is 0 Å². The van der Waals surface area contributed by atoms with Crippen molar-refractivity contribution in [1.82, 2.24) is 0 Å². The molecule has 0 radical (unpaired) electrons. The molecule has 0 bridgehead atoms. The quantitative estimate of drug-likeness (QED) is 0.190. The molecule has 6 rings (SSSR count). The molecule has 0 saturated heterocycles. The third-order valence-corrected chi connectivity index (χ3v) is 9.57. The first-order valence-electron chi connectivity index (χ1n) is 12.7. The van der Waals surface area contributed by atoms with Gasteiger partial charge < -0.3 is 0 Å². The molecular formula is C36H26ClP. The van der Waals surface area contributed by atoms with Crippen LogP contribution >= 0.6 is 18.5 Å². The van der Waals surface area contributed by atoms with Crippen LogP contribution in [0.25, 0.3) is 44.5 Å². The highest BCUT2D eigenvalue weighted by molar-refractivity contribution is 7.96. The van der Waals surface area contributed by atoms with Crippen molar-refractivity contribution >= 4 is 29.1 Å². The lowest BCUT2D eigenvalue weighted by atomic mass is 9.98. The van der Waals surface area contributed by atoms with Gasteiger partial charge in [-0.15, -0.1) is 0 Å². The van der Waals surface area contributed by atoms with E-state index in [2.05, 4.69) is 158 Å². The van der Waals surface area contributed by atoms with Crippen molar-refractivity contribution in [2.45, 2.75) is 0 Å². The molecular weight excluding hydrogens is 499 g/mol. The lowest BCUT2D eigenvalue weighted by Crippen LogP contribution is -2.17. The van der Waals surface area contributed by atoms with Gasteiger partial charge in [0.25, 0.3) is 0 Å². The maximum absolute atomic E-state index is 7.82. The zero-order valence-electron chi connectivity index (χ0n) is 20.8. The minimum absolute atomic E-state index is 1.17. The molecule has 38 heavy (non-hydrogen) atoms. The van der Waals surface area contributed by atoms with Crippen molar-refractivity contribution in [3.8, 4) is 44.5 Å². The first-order chi connectivity index (χ1) is 18.8. The highest BCUT2D eigenvalue weighted by Gasteiger charge is 2.26. The molecule has 0 unspecified atom stereocenters. The highest BCUT2D eigenvalue weighted by atomic mass is 35.7. The van der Waals surface area contributed by atoms with Crippen LogP contribution in [0.4, 0.5) is 0 Å². The number of benzene rings is 6. The van der Waals surface area contributed by atoms with Gasteiger partial charge in [-0.3, -0.25) is 0 Å². The van der Waals surface area contributed by atoms with E-state index in [0.29, 0.717) is 0 Å². The Balaban J connectivity index is 1.67. The minimum Gasteiger partial charge on any atom is -0.0858 e. The maximum Gasteiger partial charge on any atom is 0.0549 e. The molecule has 6 aromatic carbocycles. The summed E-state index contributed by atoms with van der Waals surface area (Å²) in [6, 6.07) is 55.6. The topological polar surface area (TPSA) is 0 Å². The number of hydrogen-bond donors (Lipinski definition) is 0. The van der Waals surface area contributed by atoms with E-state index in [9.17, 15) is 0 Å². The predicted octanol–water partition coefficient (Wildman–Crippen LogP) is 9.94. The molecule has 2 heteroatoms. The van der Waals surface area contributed by atoms with Gasteiger partial charge >= 0.3 is 0 Å². The smallest absolute Gasteiger partial charge is 0.0549 e. The van der Waals surface area contributed by atoms with Gasteiger partial charge in [0.2, 0.25) is 0 Å².